The zero-order chi connectivity index (χ0) is 15.9. The molecule has 0 aliphatic heterocycles. The minimum atomic E-state index is -1.23. The summed E-state index contributed by atoms with van der Waals surface area (Å²) in [5.74, 6) is -2.08. The van der Waals surface area contributed by atoms with Crippen molar-refractivity contribution in [1.82, 2.24) is 4.40 Å². The van der Waals surface area contributed by atoms with E-state index in [1.54, 1.807) is 6.07 Å². The van der Waals surface area contributed by atoms with E-state index < -0.39 is 11.8 Å². The molecule has 0 aliphatic carbocycles. The molecule has 2 aromatic heterocycles. The van der Waals surface area contributed by atoms with Gasteiger partial charge in [-0.2, -0.15) is 5.26 Å². The first-order valence-corrected chi connectivity index (χ1v) is 6.28. The monoisotopic (exact) mass is 296 g/mol. The van der Waals surface area contributed by atoms with Crippen LogP contribution in [-0.4, -0.2) is 20.6 Å². The number of benzene rings is 1. The first-order chi connectivity index (χ1) is 10.5. The summed E-state index contributed by atoms with van der Waals surface area (Å²) in [4.78, 5) is 10.9. The summed E-state index contributed by atoms with van der Waals surface area (Å²) >= 11 is 0. The predicted molar refractivity (Wildman–Crippen MR) is 76.1 cm³/mol. The van der Waals surface area contributed by atoms with Crippen molar-refractivity contribution >= 4 is 11.5 Å². The van der Waals surface area contributed by atoms with Crippen molar-refractivity contribution in [2.75, 3.05) is 0 Å². The van der Waals surface area contributed by atoms with Crippen molar-refractivity contribution < 1.29 is 19.4 Å². The number of aromatic nitrogens is 1. The van der Waals surface area contributed by atoms with Crippen LogP contribution in [0.4, 0.5) is 4.39 Å². The van der Waals surface area contributed by atoms with Gasteiger partial charge in [0.05, 0.1) is 5.52 Å². The number of hydrogen-bond donors (Lipinski definition) is 2. The number of nitrogens with zero attached hydrogens (tertiary/aromatic N) is 2. The van der Waals surface area contributed by atoms with Crippen molar-refractivity contribution in [2.45, 2.75) is 0 Å². The van der Waals surface area contributed by atoms with Gasteiger partial charge in [-0.25, -0.2) is 9.18 Å². The highest BCUT2D eigenvalue weighted by atomic mass is 19.1. The number of carbonyl (C=O) groups is 1. The fourth-order valence-corrected chi connectivity index (χ4v) is 2.37. The van der Waals surface area contributed by atoms with Gasteiger partial charge in [-0.3, -0.25) is 0 Å². The molecule has 0 atom stereocenters. The van der Waals surface area contributed by atoms with Crippen molar-refractivity contribution in [1.29, 1.82) is 5.26 Å². The van der Waals surface area contributed by atoms with E-state index in [9.17, 15) is 14.3 Å². The second kappa shape index (κ2) is 4.90. The smallest absolute Gasteiger partial charge is 0.339 e. The number of fused-ring (bicyclic) bond motifs is 1. The highest BCUT2D eigenvalue weighted by molar-refractivity contribution is 5.93. The van der Waals surface area contributed by atoms with Crippen LogP contribution in [0.5, 0.6) is 5.75 Å². The summed E-state index contributed by atoms with van der Waals surface area (Å²) in [6.07, 6.45) is 1.20. The average Bonchev–Trinajstić information content (AvgIpc) is 2.84. The summed E-state index contributed by atoms with van der Waals surface area (Å²) in [5.41, 5.74) is 1.75. The summed E-state index contributed by atoms with van der Waals surface area (Å²) in [7, 11) is 0. The highest BCUT2D eigenvalue weighted by Crippen LogP contribution is 2.31. The molecule has 6 heteroatoms. The number of aromatic hydroxyl groups is 1. The van der Waals surface area contributed by atoms with Crippen LogP contribution in [0.25, 0.3) is 16.6 Å². The van der Waals surface area contributed by atoms with Crippen LogP contribution in [0.1, 0.15) is 16.1 Å². The van der Waals surface area contributed by atoms with E-state index in [2.05, 4.69) is 0 Å². The number of aromatic carboxylic acids is 1. The first kappa shape index (κ1) is 13.6. The predicted octanol–water partition coefficient (Wildman–Crippen LogP) is 3.02. The number of phenols is 1. The minimum absolute atomic E-state index is 0.209. The Balaban J connectivity index is 2.25. The molecular formula is C16H9FN2O3. The third-order valence-electron chi connectivity index (χ3n) is 3.38. The van der Waals surface area contributed by atoms with E-state index in [0.29, 0.717) is 16.6 Å². The van der Waals surface area contributed by atoms with Crippen LogP contribution >= 0.6 is 0 Å². The van der Waals surface area contributed by atoms with Gasteiger partial charge in [0.25, 0.3) is 0 Å². The third-order valence-corrected chi connectivity index (χ3v) is 3.38. The summed E-state index contributed by atoms with van der Waals surface area (Å²) in [6, 6.07) is 10.4. The van der Waals surface area contributed by atoms with E-state index in [-0.39, 0.29) is 17.0 Å². The summed E-state index contributed by atoms with van der Waals surface area (Å²) in [6.45, 7) is 0. The van der Waals surface area contributed by atoms with Crippen LogP contribution in [0.2, 0.25) is 0 Å². The summed E-state index contributed by atoms with van der Waals surface area (Å²) in [5, 5.41) is 27.9. The molecular weight excluding hydrogens is 287 g/mol. The Morgan fingerprint density at radius 1 is 1.23 bits per heavy atom. The molecule has 0 aliphatic rings. The molecule has 0 fully saturated rings. The van der Waals surface area contributed by atoms with E-state index in [0.717, 1.165) is 0 Å². The lowest BCUT2D eigenvalue weighted by molar-refractivity contribution is 0.0694. The molecule has 22 heavy (non-hydrogen) atoms. The first-order valence-electron chi connectivity index (χ1n) is 6.28. The van der Waals surface area contributed by atoms with Crippen LogP contribution < -0.4 is 0 Å². The van der Waals surface area contributed by atoms with Gasteiger partial charge >= 0.3 is 5.97 Å². The average molecular weight is 296 g/mol. The molecule has 5 nitrogen and oxygen atoms in total. The Labute approximate surface area is 124 Å². The topological polar surface area (TPSA) is 85.7 Å². The van der Waals surface area contributed by atoms with Gasteiger partial charge in [0.15, 0.2) is 0 Å². The molecule has 0 amide bonds. The number of hydrogen-bond acceptors (Lipinski definition) is 3. The van der Waals surface area contributed by atoms with E-state index in [1.165, 1.54) is 40.9 Å². The zero-order valence-corrected chi connectivity index (χ0v) is 11.1. The standard InChI is InChI=1S/C16H9FN2O3/c17-10-2-4-14-13(6-11(7-18)19(14)8-10)9-1-3-12(16(21)22)15(20)5-9/h1-6,8,20H,(H,21,22). The van der Waals surface area contributed by atoms with Gasteiger partial charge in [0.2, 0.25) is 0 Å². The molecule has 0 unspecified atom stereocenters. The second-order valence-corrected chi connectivity index (χ2v) is 4.69. The number of nitriles is 1. The van der Waals surface area contributed by atoms with Gasteiger partial charge in [0, 0.05) is 11.8 Å². The Morgan fingerprint density at radius 2 is 2.00 bits per heavy atom. The molecule has 0 saturated carbocycles. The number of carboxylic acid groups (broad SMARTS) is 1. The molecule has 2 heterocycles. The maximum Gasteiger partial charge on any atom is 0.339 e. The van der Waals surface area contributed by atoms with Crippen LogP contribution in [0.3, 0.4) is 0 Å². The molecule has 0 radical (unpaired) electrons. The molecule has 3 aromatic rings. The molecule has 0 spiro atoms. The maximum atomic E-state index is 13.3. The van der Waals surface area contributed by atoms with Crippen LogP contribution in [0, 0.1) is 17.1 Å². The second-order valence-electron chi connectivity index (χ2n) is 4.69. The van der Waals surface area contributed by atoms with E-state index >= 15 is 0 Å². The number of halogens is 1. The molecule has 0 saturated heterocycles. The Hall–Kier alpha value is -3.33. The van der Waals surface area contributed by atoms with Gasteiger partial charge in [0.1, 0.15) is 28.9 Å². The van der Waals surface area contributed by atoms with Crippen molar-refractivity contribution in [3.05, 3.63) is 59.7 Å². The van der Waals surface area contributed by atoms with Crippen molar-refractivity contribution in [2.24, 2.45) is 0 Å². The Kier molecular flexibility index (Phi) is 3.04. The van der Waals surface area contributed by atoms with Crippen molar-refractivity contribution in [3.63, 3.8) is 0 Å². The molecule has 108 valence electrons. The fourth-order valence-electron chi connectivity index (χ4n) is 2.37. The largest absolute Gasteiger partial charge is 0.507 e. The SMILES string of the molecule is N#Cc1cc(-c2ccc(C(=O)O)c(O)c2)c2ccc(F)cn12. The number of pyridine rings is 1. The fraction of sp³-hybridized carbons (Fsp3) is 0. The summed E-state index contributed by atoms with van der Waals surface area (Å²) < 4.78 is 14.7. The molecule has 1 aromatic carbocycles. The van der Waals surface area contributed by atoms with E-state index in [4.69, 9.17) is 10.4 Å². The van der Waals surface area contributed by atoms with Gasteiger partial charge < -0.3 is 14.6 Å². The lowest BCUT2D eigenvalue weighted by atomic mass is 10.0. The van der Waals surface area contributed by atoms with E-state index in [1.807, 2.05) is 6.07 Å². The lowest BCUT2D eigenvalue weighted by Gasteiger charge is -2.04. The molecule has 3 rings (SSSR count). The Morgan fingerprint density at radius 3 is 2.64 bits per heavy atom. The lowest BCUT2D eigenvalue weighted by Crippen LogP contribution is -1.96. The number of rotatable bonds is 2. The Bertz CT molecular complexity index is 954. The van der Waals surface area contributed by atoms with Gasteiger partial charge in [-0.15, -0.1) is 0 Å². The quantitative estimate of drug-likeness (QED) is 0.761. The van der Waals surface area contributed by atoms with Gasteiger partial charge in [-0.05, 0) is 35.9 Å². The van der Waals surface area contributed by atoms with Crippen molar-refractivity contribution in [3.8, 4) is 22.9 Å². The maximum absolute atomic E-state index is 13.3. The highest BCUT2D eigenvalue weighted by Gasteiger charge is 2.15. The van der Waals surface area contributed by atoms with Crippen LogP contribution in [-0.2, 0) is 0 Å². The normalized spacial score (nSPS) is 10.5. The molecule has 2 N–H and O–H groups in total. The third kappa shape index (κ3) is 2.05. The minimum Gasteiger partial charge on any atom is -0.507 e. The van der Waals surface area contributed by atoms with Crippen LogP contribution in [0.15, 0.2) is 42.6 Å². The zero-order valence-electron chi connectivity index (χ0n) is 11.1. The molecule has 0 bridgehead atoms. The van der Waals surface area contributed by atoms with Gasteiger partial charge in [-0.1, -0.05) is 6.07 Å². The number of carboxylic acids is 1.